The molecule has 14 heteroatoms. The van der Waals surface area contributed by atoms with E-state index < -0.39 is 57.1 Å². The first kappa shape index (κ1) is 53.1. The molecule has 0 bridgehead atoms. The van der Waals surface area contributed by atoms with Gasteiger partial charge in [0.05, 0.1) is 31.5 Å². The number of rotatable bonds is 36. The lowest BCUT2D eigenvalue weighted by molar-refractivity contribution is -0.199. The number of carbonyl (C=O) groups is 2. The Labute approximate surface area is 343 Å². The van der Waals surface area contributed by atoms with Crippen molar-refractivity contribution in [2.45, 2.75) is 192 Å². The van der Waals surface area contributed by atoms with Crippen LogP contribution in [0.2, 0.25) is 0 Å². The van der Waals surface area contributed by atoms with Crippen LogP contribution in [0, 0.1) is 5.92 Å². The van der Waals surface area contributed by atoms with Gasteiger partial charge in [0, 0.05) is 31.7 Å². The molecule has 1 aliphatic rings. The fourth-order valence-corrected chi connectivity index (χ4v) is 7.20. The number of hydrogen-bond donors (Lipinski definition) is 5. The van der Waals surface area contributed by atoms with E-state index in [9.17, 15) is 34.4 Å². The molecule has 1 saturated heterocycles. The first-order valence-electron chi connectivity index (χ1n) is 21.9. The molecule has 1 heterocycles. The van der Waals surface area contributed by atoms with E-state index in [-0.39, 0.29) is 44.9 Å². The van der Waals surface area contributed by atoms with Gasteiger partial charge in [-0.2, -0.15) is 0 Å². The van der Waals surface area contributed by atoms with Gasteiger partial charge >= 0.3 is 19.8 Å². The Morgan fingerprint density at radius 1 is 0.789 bits per heavy atom. The minimum atomic E-state index is -4.45. The van der Waals surface area contributed by atoms with Crippen molar-refractivity contribution in [1.29, 1.82) is 0 Å². The molecular formula is C43H78NO12P. The minimum Gasteiger partial charge on any atom is -0.462 e. The number of nitrogens with two attached hydrogens (primary N) is 1. The van der Waals surface area contributed by atoms with Crippen LogP contribution in [0.25, 0.3) is 0 Å². The molecule has 0 radical (unpaired) electrons. The molecule has 0 amide bonds. The van der Waals surface area contributed by atoms with Crippen LogP contribution >= 0.6 is 7.82 Å². The molecule has 57 heavy (non-hydrogen) atoms. The normalized spacial score (nSPS) is 21.0. The molecule has 332 valence electrons. The molecule has 0 spiro atoms. The van der Waals surface area contributed by atoms with Crippen LogP contribution in [0.3, 0.4) is 0 Å². The highest BCUT2D eigenvalue weighted by Crippen LogP contribution is 2.43. The smallest absolute Gasteiger partial charge is 0.462 e. The molecule has 1 fully saturated rings. The van der Waals surface area contributed by atoms with E-state index in [2.05, 4.69) is 26.0 Å². The summed E-state index contributed by atoms with van der Waals surface area (Å²) in [5.74, 6) is -1.34. The first-order valence-corrected chi connectivity index (χ1v) is 23.4. The molecular weight excluding hydrogens is 753 g/mol. The topological polar surface area (TPSA) is 204 Å². The van der Waals surface area contributed by atoms with Gasteiger partial charge in [-0.3, -0.25) is 18.6 Å². The van der Waals surface area contributed by atoms with Gasteiger partial charge in [-0.05, 0) is 57.8 Å². The summed E-state index contributed by atoms with van der Waals surface area (Å²) in [6.45, 7) is 3.29. The third-order valence-corrected chi connectivity index (χ3v) is 10.8. The van der Waals surface area contributed by atoms with Crippen molar-refractivity contribution in [2.75, 3.05) is 26.4 Å². The number of hydrogen-bond acceptors (Lipinski definition) is 12. The predicted octanol–water partition coefficient (Wildman–Crippen LogP) is 8.27. The fraction of sp³-hybridized carbons (Fsp3) is 0.814. The number of phosphoric ester groups is 1. The zero-order valence-electron chi connectivity index (χ0n) is 35.1. The number of ether oxygens (including phenoxy) is 3. The second-order valence-corrected chi connectivity index (χ2v) is 16.5. The number of aliphatic hydroxyl groups excluding tert-OH is 3. The number of carbonyl (C=O) groups excluding carboxylic acids is 2. The van der Waals surface area contributed by atoms with Gasteiger partial charge in [-0.1, -0.05) is 121 Å². The predicted molar refractivity (Wildman–Crippen MR) is 223 cm³/mol. The van der Waals surface area contributed by atoms with Gasteiger partial charge in [0.1, 0.15) is 6.61 Å². The van der Waals surface area contributed by atoms with Crippen molar-refractivity contribution in [2.24, 2.45) is 11.7 Å². The summed E-state index contributed by atoms with van der Waals surface area (Å²) < 4.78 is 38.4. The van der Waals surface area contributed by atoms with Crippen LogP contribution in [0.4, 0.5) is 0 Å². The Bertz CT molecular complexity index is 1150. The standard InChI is InChI=1S/C43H78NO12P/c1-3-5-7-8-9-10-11-12-13-14-15-16-17-18-24-28-42(48)55-37(35-54-57(50,51)53-32-31-44)34-52-41(47)27-23-20-19-22-26-38-39(46)33-43(49)56-40(38)30-29-36(45)25-21-6-4-2/h10-11,19,22,29-30,36-40,43,45-46,49H,3-9,12-18,20-21,23-28,31-35,44H2,1-2H3,(H,50,51)/b11-10-,22-19-,30-29+/t36-,37+,38-,39-,40+,43?/m0/s1. The van der Waals surface area contributed by atoms with Gasteiger partial charge in [-0.25, -0.2) is 4.57 Å². The van der Waals surface area contributed by atoms with Gasteiger partial charge in [0.2, 0.25) is 0 Å². The molecule has 6 N–H and O–H groups in total. The quantitative estimate of drug-likeness (QED) is 0.0175. The lowest BCUT2D eigenvalue weighted by atomic mass is 9.87. The summed E-state index contributed by atoms with van der Waals surface area (Å²) in [7, 11) is -4.45. The monoisotopic (exact) mass is 832 g/mol. The van der Waals surface area contributed by atoms with Crippen LogP contribution < -0.4 is 5.73 Å². The van der Waals surface area contributed by atoms with Crippen molar-refractivity contribution in [1.82, 2.24) is 0 Å². The van der Waals surface area contributed by atoms with Crippen LogP contribution in [-0.4, -0.2) is 89.2 Å². The number of allylic oxidation sites excluding steroid dienone is 4. The number of unbranched alkanes of at least 4 members (excludes halogenated alkanes) is 14. The fourth-order valence-electron chi connectivity index (χ4n) is 6.43. The molecule has 2 unspecified atom stereocenters. The van der Waals surface area contributed by atoms with Gasteiger partial charge in [-0.15, -0.1) is 0 Å². The van der Waals surface area contributed by atoms with Gasteiger partial charge in [0.15, 0.2) is 12.4 Å². The van der Waals surface area contributed by atoms with Crippen LogP contribution in [-0.2, 0) is 37.4 Å². The number of phosphoric acid groups is 1. The first-order chi connectivity index (χ1) is 27.5. The van der Waals surface area contributed by atoms with E-state index in [0.29, 0.717) is 32.1 Å². The van der Waals surface area contributed by atoms with E-state index in [1.807, 2.05) is 12.2 Å². The average Bonchev–Trinajstić information content (AvgIpc) is 3.17. The highest BCUT2D eigenvalue weighted by atomic mass is 31.2. The Morgan fingerprint density at radius 2 is 1.39 bits per heavy atom. The molecule has 7 atom stereocenters. The van der Waals surface area contributed by atoms with Gasteiger partial charge in [0.25, 0.3) is 0 Å². The second-order valence-electron chi connectivity index (χ2n) is 15.1. The molecule has 1 rings (SSSR count). The van der Waals surface area contributed by atoms with E-state index >= 15 is 0 Å². The lowest BCUT2D eigenvalue weighted by Gasteiger charge is -2.36. The van der Waals surface area contributed by atoms with E-state index in [4.69, 9.17) is 29.0 Å². The molecule has 1 aliphatic heterocycles. The largest absolute Gasteiger partial charge is 0.472 e. The molecule has 0 aromatic heterocycles. The highest BCUT2D eigenvalue weighted by molar-refractivity contribution is 7.47. The van der Waals surface area contributed by atoms with E-state index in [1.165, 1.54) is 51.4 Å². The number of aliphatic hydroxyl groups is 3. The average molecular weight is 832 g/mol. The zero-order chi connectivity index (χ0) is 42.0. The Kier molecular flexibility index (Phi) is 32.5. The van der Waals surface area contributed by atoms with Crippen LogP contribution in [0.1, 0.15) is 162 Å². The second kappa shape index (κ2) is 34.9. The Balaban J connectivity index is 2.44. The van der Waals surface area contributed by atoms with E-state index in [0.717, 1.165) is 44.9 Å². The Morgan fingerprint density at radius 3 is 2.07 bits per heavy atom. The molecule has 0 aliphatic carbocycles. The maximum absolute atomic E-state index is 12.6. The summed E-state index contributed by atoms with van der Waals surface area (Å²) in [6.07, 6.45) is 27.9. The number of esters is 2. The summed E-state index contributed by atoms with van der Waals surface area (Å²) in [5.41, 5.74) is 5.34. The lowest BCUT2D eigenvalue weighted by Crippen LogP contribution is -2.43. The summed E-state index contributed by atoms with van der Waals surface area (Å²) in [6, 6.07) is 0. The van der Waals surface area contributed by atoms with Crippen molar-refractivity contribution < 1.29 is 57.6 Å². The van der Waals surface area contributed by atoms with Crippen molar-refractivity contribution in [3.8, 4) is 0 Å². The van der Waals surface area contributed by atoms with Crippen LogP contribution in [0.5, 0.6) is 0 Å². The highest BCUT2D eigenvalue weighted by Gasteiger charge is 2.35. The third-order valence-electron chi connectivity index (χ3n) is 9.79. The summed E-state index contributed by atoms with van der Waals surface area (Å²) in [5, 5.41) is 30.9. The summed E-state index contributed by atoms with van der Waals surface area (Å²) >= 11 is 0. The zero-order valence-corrected chi connectivity index (χ0v) is 36.0. The van der Waals surface area contributed by atoms with Gasteiger partial charge < -0.3 is 40.2 Å². The molecule has 0 saturated carbocycles. The molecule has 13 nitrogen and oxygen atoms in total. The van der Waals surface area contributed by atoms with Crippen molar-refractivity contribution >= 4 is 19.8 Å². The SMILES string of the molecule is CCCCCC/C=C\CCCCCCCCCC(=O)O[C@H](COC(=O)CCC/C=C\C[C@H]1[C@@H](O)CC(O)O[C@@H]1/C=C/[C@@H](O)CCCCC)COP(=O)(O)OCCN. The molecule has 0 aromatic rings. The maximum atomic E-state index is 12.6. The van der Waals surface area contributed by atoms with Crippen molar-refractivity contribution in [3.05, 3.63) is 36.5 Å². The van der Waals surface area contributed by atoms with Crippen molar-refractivity contribution in [3.63, 3.8) is 0 Å². The van der Waals surface area contributed by atoms with E-state index in [1.54, 1.807) is 12.2 Å². The van der Waals surface area contributed by atoms with Crippen LogP contribution in [0.15, 0.2) is 36.5 Å². The maximum Gasteiger partial charge on any atom is 0.472 e. The third kappa shape index (κ3) is 29.9. The molecule has 0 aromatic carbocycles. The minimum absolute atomic E-state index is 0.0128. The summed E-state index contributed by atoms with van der Waals surface area (Å²) in [4.78, 5) is 35.1. The Hall–Kier alpha value is -1.93.